The van der Waals surface area contributed by atoms with Crippen molar-refractivity contribution >= 4 is 11.6 Å². The van der Waals surface area contributed by atoms with E-state index in [2.05, 4.69) is 9.97 Å². The molecule has 7 heteroatoms. The highest BCUT2D eigenvalue weighted by atomic mass is 35.5. The molecule has 0 unspecified atom stereocenters. The van der Waals surface area contributed by atoms with Crippen LogP contribution in [0.25, 0.3) is 0 Å². The second-order valence-electron chi connectivity index (χ2n) is 4.40. The molecule has 100 valence electrons. The fourth-order valence-corrected chi connectivity index (χ4v) is 2.05. The third-order valence-corrected chi connectivity index (χ3v) is 3.06. The molecule has 0 spiro atoms. The van der Waals surface area contributed by atoms with Crippen LogP contribution < -0.4 is 4.74 Å². The summed E-state index contributed by atoms with van der Waals surface area (Å²) in [5, 5.41) is 9.46. The fourth-order valence-electron chi connectivity index (χ4n) is 1.92. The van der Waals surface area contributed by atoms with Crippen LogP contribution in [-0.2, 0) is 5.92 Å². The largest absolute Gasteiger partial charge is 0.471 e. The Labute approximate surface area is 108 Å². The summed E-state index contributed by atoms with van der Waals surface area (Å²) in [7, 11) is 0. The van der Waals surface area contributed by atoms with Crippen molar-refractivity contribution < 1.29 is 18.6 Å². The molecule has 0 aromatic carbocycles. The summed E-state index contributed by atoms with van der Waals surface area (Å²) >= 11 is 5.58. The van der Waals surface area contributed by atoms with Gasteiger partial charge in [0, 0.05) is 13.1 Å². The molecule has 1 aromatic rings. The number of aromatic nitrogens is 2. The SMILES string of the molecule is CC(F)(F)c1cnc(Cl)nc1O[C@H]1CCC[C@H]1O. The van der Waals surface area contributed by atoms with E-state index in [4.69, 9.17) is 16.3 Å². The number of aliphatic hydroxyl groups excluding tert-OH is 1. The van der Waals surface area contributed by atoms with Gasteiger partial charge < -0.3 is 9.84 Å². The van der Waals surface area contributed by atoms with Gasteiger partial charge in [-0.05, 0) is 30.9 Å². The van der Waals surface area contributed by atoms with Gasteiger partial charge in [-0.2, -0.15) is 4.98 Å². The van der Waals surface area contributed by atoms with Gasteiger partial charge in [0.15, 0.2) is 0 Å². The van der Waals surface area contributed by atoms with Gasteiger partial charge in [0.25, 0.3) is 5.92 Å². The van der Waals surface area contributed by atoms with Crippen LogP contribution in [0.1, 0.15) is 31.7 Å². The summed E-state index contributed by atoms with van der Waals surface area (Å²) in [5.41, 5.74) is -0.425. The molecule has 1 aromatic heterocycles. The Hall–Kier alpha value is -1.01. The maximum Gasteiger partial charge on any atom is 0.277 e. The molecule has 1 aliphatic carbocycles. The summed E-state index contributed by atoms with van der Waals surface area (Å²) in [6, 6.07) is 0. The van der Waals surface area contributed by atoms with Gasteiger partial charge in [0.1, 0.15) is 11.7 Å². The molecule has 4 nitrogen and oxygen atoms in total. The monoisotopic (exact) mass is 278 g/mol. The maximum atomic E-state index is 13.4. The Morgan fingerprint density at radius 1 is 1.50 bits per heavy atom. The second-order valence-corrected chi connectivity index (χ2v) is 4.74. The molecular weight excluding hydrogens is 266 g/mol. The first-order chi connectivity index (χ1) is 8.38. The molecule has 2 rings (SSSR count). The Kier molecular flexibility index (Phi) is 3.68. The van der Waals surface area contributed by atoms with E-state index in [0.717, 1.165) is 19.5 Å². The van der Waals surface area contributed by atoms with E-state index in [1.165, 1.54) is 0 Å². The molecule has 1 fully saturated rings. The molecule has 18 heavy (non-hydrogen) atoms. The number of aliphatic hydroxyl groups is 1. The summed E-state index contributed by atoms with van der Waals surface area (Å²) in [6.45, 7) is 0.734. The van der Waals surface area contributed by atoms with Crippen molar-refractivity contribution in [1.82, 2.24) is 9.97 Å². The minimum absolute atomic E-state index is 0.162. The Bertz CT molecular complexity index is 440. The molecule has 0 bridgehead atoms. The third-order valence-electron chi connectivity index (χ3n) is 2.88. The zero-order chi connectivity index (χ0) is 13.3. The van der Waals surface area contributed by atoms with Gasteiger partial charge in [-0.25, -0.2) is 13.8 Å². The minimum Gasteiger partial charge on any atom is -0.471 e. The normalized spacial score (nSPS) is 24.3. The van der Waals surface area contributed by atoms with Gasteiger partial charge in [-0.15, -0.1) is 0 Å². The molecule has 1 N–H and O–H groups in total. The second kappa shape index (κ2) is 4.93. The van der Waals surface area contributed by atoms with E-state index < -0.39 is 23.7 Å². The number of hydrogen-bond acceptors (Lipinski definition) is 4. The first kappa shape index (κ1) is 13.4. The molecule has 0 saturated heterocycles. The topological polar surface area (TPSA) is 55.2 Å². The molecule has 1 aliphatic rings. The fraction of sp³-hybridized carbons (Fsp3) is 0.636. The van der Waals surface area contributed by atoms with Crippen LogP contribution in [0.4, 0.5) is 8.78 Å². The van der Waals surface area contributed by atoms with Crippen LogP contribution >= 0.6 is 11.6 Å². The lowest BCUT2D eigenvalue weighted by Crippen LogP contribution is -2.27. The van der Waals surface area contributed by atoms with E-state index in [9.17, 15) is 13.9 Å². The summed E-state index contributed by atoms with van der Waals surface area (Å²) in [4.78, 5) is 7.21. The van der Waals surface area contributed by atoms with Crippen LogP contribution in [-0.4, -0.2) is 27.3 Å². The zero-order valence-electron chi connectivity index (χ0n) is 9.74. The number of halogens is 3. The van der Waals surface area contributed by atoms with Gasteiger partial charge in [0.2, 0.25) is 11.2 Å². The average Bonchev–Trinajstić information content (AvgIpc) is 2.62. The highest BCUT2D eigenvalue weighted by Crippen LogP contribution is 2.35. The number of rotatable bonds is 3. The highest BCUT2D eigenvalue weighted by Gasteiger charge is 2.34. The van der Waals surface area contributed by atoms with E-state index in [0.29, 0.717) is 12.8 Å². The Morgan fingerprint density at radius 2 is 2.22 bits per heavy atom. The minimum atomic E-state index is -3.12. The lowest BCUT2D eigenvalue weighted by atomic mass is 10.2. The third kappa shape index (κ3) is 2.87. The van der Waals surface area contributed by atoms with Crippen molar-refractivity contribution in [2.24, 2.45) is 0 Å². The number of hydrogen-bond donors (Lipinski definition) is 1. The zero-order valence-corrected chi connectivity index (χ0v) is 10.5. The van der Waals surface area contributed by atoms with Crippen LogP contribution in [0.3, 0.4) is 0 Å². The van der Waals surface area contributed by atoms with Gasteiger partial charge in [-0.1, -0.05) is 0 Å². The van der Waals surface area contributed by atoms with E-state index in [-0.39, 0.29) is 11.2 Å². The molecule has 0 aliphatic heterocycles. The molecule has 0 amide bonds. The van der Waals surface area contributed by atoms with Crippen LogP contribution in [0.15, 0.2) is 6.20 Å². The molecule has 2 atom stereocenters. The molecule has 0 radical (unpaired) electrons. The van der Waals surface area contributed by atoms with Crippen LogP contribution in [0, 0.1) is 0 Å². The van der Waals surface area contributed by atoms with E-state index >= 15 is 0 Å². The Morgan fingerprint density at radius 3 is 2.78 bits per heavy atom. The number of alkyl halides is 2. The van der Waals surface area contributed by atoms with Crippen molar-refractivity contribution in [3.63, 3.8) is 0 Å². The quantitative estimate of drug-likeness (QED) is 0.863. The highest BCUT2D eigenvalue weighted by molar-refractivity contribution is 6.28. The predicted octanol–water partition coefficient (Wildman–Crippen LogP) is 2.53. The van der Waals surface area contributed by atoms with Crippen molar-refractivity contribution in [3.05, 3.63) is 17.0 Å². The lowest BCUT2D eigenvalue weighted by Gasteiger charge is -2.20. The first-order valence-corrected chi connectivity index (χ1v) is 6.01. The number of ether oxygens (including phenoxy) is 1. The van der Waals surface area contributed by atoms with Crippen molar-refractivity contribution in [1.29, 1.82) is 0 Å². The number of nitrogens with zero attached hydrogens (tertiary/aromatic N) is 2. The molecule has 1 heterocycles. The van der Waals surface area contributed by atoms with Gasteiger partial charge in [-0.3, -0.25) is 0 Å². The van der Waals surface area contributed by atoms with E-state index in [1.807, 2.05) is 0 Å². The average molecular weight is 279 g/mol. The molecular formula is C11H13ClF2N2O2. The van der Waals surface area contributed by atoms with E-state index in [1.54, 1.807) is 0 Å². The molecule has 1 saturated carbocycles. The summed E-state index contributed by atoms with van der Waals surface area (Å²) in [5.74, 6) is -3.38. The van der Waals surface area contributed by atoms with Crippen LogP contribution in [0.2, 0.25) is 5.28 Å². The lowest BCUT2D eigenvalue weighted by molar-refractivity contribution is 0.00627. The summed E-state index contributed by atoms with van der Waals surface area (Å²) in [6.07, 6.45) is 1.78. The maximum absolute atomic E-state index is 13.4. The van der Waals surface area contributed by atoms with Crippen molar-refractivity contribution in [2.75, 3.05) is 0 Å². The van der Waals surface area contributed by atoms with Gasteiger partial charge >= 0.3 is 0 Å². The first-order valence-electron chi connectivity index (χ1n) is 5.63. The predicted molar refractivity (Wildman–Crippen MR) is 60.9 cm³/mol. The smallest absolute Gasteiger partial charge is 0.277 e. The van der Waals surface area contributed by atoms with Gasteiger partial charge in [0.05, 0.1) is 6.10 Å². The standard InChI is InChI=1S/C11H13ClF2N2O2/c1-11(13,14)6-5-15-10(12)16-9(6)18-8-4-2-3-7(8)17/h5,7-8,17H,2-4H2,1H3/t7-,8+/m1/s1. The van der Waals surface area contributed by atoms with Crippen molar-refractivity contribution in [3.8, 4) is 5.88 Å². The van der Waals surface area contributed by atoms with Crippen LogP contribution in [0.5, 0.6) is 5.88 Å². The summed E-state index contributed by atoms with van der Waals surface area (Å²) < 4.78 is 32.1. The van der Waals surface area contributed by atoms with Crippen molar-refractivity contribution in [2.45, 2.75) is 44.3 Å². The Balaban J connectivity index is 2.28.